The molecule has 1 aromatic carbocycles. The van der Waals surface area contributed by atoms with E-state index in [4.69, 9.17) is 0 Å². The first kappa shape index (κ1) is 19.2. The first-order valence-corrected chi connectivity index (χ1v) is 9.82. The fourth-order valence-corrected chi connectivity index (χ4v) is 4.11. The Bertz CT molecular complexity index is 917. The molecular formula is C21H25N5O3. The molecule has 2 aliphatic rings. The zero-order valence-corrected chi connectivity index (χ0v) is 16.5. The van der Waals surface area contributed by atoms with Crippen molar-refractivity contribution in [3.63, 3.8) is 0 Å². The number of aryl methyl sites for hydroxylation is 1. The second-order valence-electron chi connectivity index (χ2n) is 7.98. The van der Waals surface area contributed by atoms with Crippen LogP contribution in [0.5, 0.6) is 0 Å². The highest BCUT2D eigenvalue weighted by Gasteiger charge is 2.52. The van der Waals surface area contributed by atoms with Gasteiger partial charge in [-0.25, -0.2) is 0 Å². The second-order valence-corrected chi connectivity index (χ2v) is 7.98. The van der Waals surface area contributed by atoms with Crippen LogP contribution >= 0.6 is 0 Å². The van der Waals surface area contributed by atoms with Crippen LogP contribution in [0.4, 0.5) is 0 Å². The molecular weight excluding hydrogens is 370 g/mol. The molecule has 0 saturated carbocycles. The lowest BCUT2D eigenvalue weighted by Gasteiger charge is -2.51. The van der Waals surface area contributed by atoms with Crippen molar-refractivity contribution in [3.8, 4) is 0 Å². The van der Waals surface area contributed by atoms with Crippen molar-refractivity contribution in [2.75, 3.05) is 32.7 Å². The van der Waals surface area contributed by atoms with Gasteiger partial charge in [0.2, 0.25) is 17.7 Å². The van der Waals surface area contributed by atoms with Gasteiger partial charge in [0.25, 0.3) is 0 Å². The summed E-state index contributed by atoms with van der Waals surface area (Å²) in [7, 11) is 0. The van der Waals surface area contributed by atoms with Gasteiger partial charge in [-0.1, -0.05) is 30.3 Å². The number of nitrogens with zero attached hydrogens (tertiary/aromatic N) is 4. The van der Waals surface area contributed by atoms with Crippen LogP contribution in [0, 0.1) is 12.3 Å². The van der Waals surface area contributed by atoms with Crippen molar-refractivity contribution in [3.05, 3.63) is 53.9 Å². The SMILES string of the molecule is Cc1cnn(CC(=O)N2CC(Cc3ccccc3)(C(=O)N3CCNC(=O)C3)C2)c1. The van der Waals surface area contributed by atoms with Gasteiger partial charge >= 0.3 is 0 Å². The van der Waals surface area contributed by atoms with Gasteiger partial charge in [0.1, 0.15) is 6.54 Å². The third kappa shape index (κ3) is 4.01. The van der Waals surface area contributed by atoms with E-state index in [1.54, 1.807) is 20.7 Å². The Kier molecular flexibility index (Phi) is 5.08. The quantitative estimate of drug-likeness (QED) is 0.785. The monoisotopic (exact) mass is 395 g/mol. The first-order valence-electron chi connectivity index (χ1n) is 9.82. The minimum atomic E-state index is -0.686. The van der Waals surface area contributed by atoms with Crippen LogP contribution in [-0.4, -0.2) is 70.0 Å². The number of hydrogen-bond acceptors (Lipinski definition) is 4. The highest BCUT2D eigenvalue weighted by atomic mass is 16.2. The maximum Gasteiger partial charge on any atom is 0.244 e. The van der Waals surface area contributed by atoms with Crippen molar-refractivity contribution in [2.45, 2.75) is 19.9 Å². The Hall–Kier alpha value is -3.16. The Morgan fingerprint density at radius 3 is 2.59 bits per heavy atom. The highest BCUT2D eigenvalue weighted by molar-refractivity contribution is 5.91. The molecule has 0 aliphatic carbocycles. The summed E-state index contributed by atoms with van der Waals surface area (Å²) >= 11 is 0. The second kappa shape index (κ2) is 7.69. The fourth-order valence-electron chi connectivity index (χ4n) is 4.11. The van der Waals surface area contributed by atoms with Gasteiger partial charge in [-0.3, -0.25) is 19.1 Å². The fraction of sp³-hybridized carbons (Fsp3) is 0.429. The summed E-state index contributed by atoms with van der Waals surface area (Å²) < 4.78 is 1.62. The smallest absolute Gasteiger partial charge is 0.244 e. The molecule has 8 heteroatoms. The number of hydrogen-bond donors (Lipinski definition) is 1. The molecule has 1 N–H and O–H groups in total. The standard InChI is InChI=1S/C21H25N5O3/c1-16-10-23-26(11-16)13-19(28)25-14-21(15-25,9-17-5-3-2-4-6-17)20(29)24-8-7-22-18(27)12-24/h2-6,10-11H,7-9,12-15H2,1H3,(H,22,27). The summed E-state index contributed by atoms with van der Waals surface area (Å²) in [6.45, 7) is 3.85. The molecule has 0 atom stereocenters. The molecule has 0 radical (unpaired) electrons. The minimum Gasteiger partial charge on any atom is -0.353 e. The van der Waals surface area contributed by atoms with Gasteiger partial charge in [-0.15, -0.1) is 0 Å². The van der Waals surface area contributed by atoms with Crippen LogP contribution in [0.25, 0.3) is 0 Å². The molecule has 0 bridgehead atoms. The van der Waals surface area contributed by atoms with E-state index in [1.807, 2.05) is 43.5 Å². The molecule has 1 aromatic heterocycles. The van der Waals surface area contributed by atoms with E-state index >= 15 is 0 Å². The van der Waals surface area contributed by atoms with Gasteiger partial charge in [0, 0.05) is 32.4 Å². The number of rotatable bonds is 5. The number of nitrogens with one attached hydrogen (secondary N) is 1. The van der Waals surface area contributed by atoms with Crippen molar-refractivity contribution in [2.24, 2.45) is 5.41 Å². The summed E-state index contributed by atoms with van der Waals surface area (Å²) in [5.41, 5.74) is 1.37. The highest BCUT2D eigenvalue weighted by Crippen LogP contribution is 2.36. The van der Waals surface area contributed by atoms with E-state index < -0.39 is 5.41 Å². The molecule has 2 saturated heterocycles. The predicted molar refractivity (Wildman–Crippen MR) is 106 cm³/mol. The molecule has 2 fully saturated rings. The van der Waals surface area contributed by atoms with Gasteiger partial charge in [-0.2, -0.15) is 5.10 Å². The summed E-state index contributed by atoms with van der Waals surface area (Å²) in [5.74, 6) is -0.239. The average molecular weight is 395 g/mol. The van der Waals surface area contributed by atoms with E-state index in [2.05, 4.69) is 10.4 Å². The molecule has 3 heterocycles. The van der Waals surface area contributed by atoms with Gasteiger partial charge in [0.15, 0.2) is 0 Å². The first-order chi connectivity index (χ1) is 13.9. The average Bonchev–Trinajstić information content (AvgIpc) is 3.09. The van der Waals surface area contributed by atoms with Gasteiger partial charge < -0.3 is 15.1 Å². The number of carbonyl (C=O) groups excluding carboxylic acids is 3. The Labute approximate surface area is 169 Å². The zero-order valence-electron chi connectivity index (χ0n) is 16.5. The van der Waals surface area contributed by atoms with Crippen molar-refractivity contribution < 1.29 is 14.4 Å². The predicted octanol–water partition coefficient (Wildman–Crippen LogP) is 0.221. The molecule has 3 amide bonds. The van der Waals surface area contributed by atoms with Crippen LogP contribution in [0.3, 0.4) is 0 Å². The Morgan fingerprint density at radius 2 is 1.93 bits per heavy atom. The normalized spacial score (nSPS) is 18.2. The van der Waals surface area contributed by atoms with E-state index in [-0.39, 0.29) is 30.8 Å². The molecule has 0 unspecified atom stereocenters. The zero-order chi connectivity index (χ0) is 20.4. The van der Waals surface area contributed by atoms with Crippen LogP contribution in [0.2, 0.25) is 0 Å². The number of carbonyl (C=O) groups is 3. The number of amides is 3. The molecule has 2 aliphatic heterocycles. The maximum atomic E-state index is 13.4. The number of likely N-dealkylation sites (tertiary alicyclic amines) is 1. The number of benzene rings is 1. The topological polar surface area (TPSA) is 87.5 Å². The molecule has 4 rings (SSSR count). The minimum absolute atomic E-state index is 0.0461. The van der Waals surface area contributed by atoms with Crippen LogP contribution < -0.4 is 5.32 Å². The molecule has 2 aromatic rings. The van der Waals surface area contributed by atoms with Crippen LogP contribution in [0.15, 0.2) is 42.7 Å². The maximum absolute atomic E-state index is 13.4. The molecule has 8 nitrogen and oxygen atoms in total. The van der Waals surface area contributed by atoms with Gasteiger partial charge in [0.05, 0.1) is 18.2 Å². The van der Waals surface area contributed by atoms with Crippen molar-refractivity contribution in [1.29, 1.82) is 0 Å². The van der Waals surface area contributed by atoms with E-state index in [9.17, 15) is 14.4 Å². The molecule has 29 heavy (non-hydrogen) atoms. The van der Waals surface area contributed by atoms with E-state index in [1.165, 1.54) is 0 Å². The Balaban J connectivity index is 1.49. The van der Waals surface area contributed by atoms with Crippen LogP contribution in [-0.2, 0) is 27.3 Å². The van der Waals surface area contributed by atoms with Crippen molar-refractivity contribution >= 4 is 17.7 Å². The summed E-state index contributed by atoms with van der Waals surface area (Å²) in [6.07, 6.45) is 4.09. The van der Waals surface area contributed by atoms with E-state index in [0.29, 0.717) is 32.6 Å². The van der Waals surface area contributed by atoms with Gasteiger partial charge in [-0.05, 0) is 24.5 Å². The molecule has 0 spiro atoms. The van der Waals surface area contributed by atoms with E-state index in [0.717, 1.165) is 11.1 Å². The van der Waals surface area contributed by atoms with Crippen LogP contribution in [0.1, 0.15) is 11.1 Å². The largest absolute Gasteiger partial charge is 0.353 e. The lowest BCUT2D eigenvalue weighted by Crippen LogP contribution is -2.68. The lowest BCUT2D eigenvalue weighted by atomic mass is 9.73. The van der Waals surface area contributed by atoms with Crippen molar-refractivity contribution in [1.82, 2.24) is 24.9 Å². The third-order valence-electron chi connectivity index (χ3n) is 5.56. The summed E-state index contributed by atoms with van der Waals surface area (Å²) in [6, 6.07) is 9.83. The third-order valence-corrected chi connectivity index (χ3v) is 5.56. The summed E-state index contributed by atoms with van der Waals surface area (Å²) in [4.78, 5) is 41.1. The number of piperazine rings is 1. The Morgan fingerprint density at radius 1 is 1.17 bits per heavy atom. The lowest BCUT2D eigenvalue weighted by molar-refractivity contribution is -0.163. The summed E-state index contributed by atoms with van der Waals surface area (Å²) in [5, 5.41) is 6.92. The number of aromatic nitrogens is 2. The molecule has 152 valence electrons.